The van der Waals surface area contributed by atoms with E-state index < -0.39 is 0 Å². The first-order valence-corrected chi connectivity index (χ1v) is 5.27. The van der Waals surface area contributed by atoms with E-state index in [1.165, 1.54) is 4.90 Å². The van der Waals surface area contributed by atoms with Crippen LogP contribution in [0.25, 0.3) is 0 Å². The zero-order chi connectivity index (χ0) is 10.4. The van der Waals surface area contributed by atoms with Gasteiger partial charge in [0.15, 0.2) is 0 Å². The van der Waals surface area contributed by atoms with E-state index >= 15 is 0 Å². The van der Waals surface area contributed by atoms with E-state index in [9.17, 15) is 9.59 Å². The Labute approximate surface area is 84.8 Å². The second-order valence-corrected chi connectivity index (χ2v) is 3.54. The number of allylic oxidation sites excluding steroid dienone is 1. The summed E-state index contributed by atoms with van der Waals surface area (Å²) in [6.07, 6.45) is 8.43. The molecule has 14 heavy (non-hydrogen) atoms. The molecule has 0 atom stereocenters. The van der Waals surface area contributed by atoms with Crippen molar-refractivity contribution >= 4 is 11.8 Å². The van der Waals surface area contributed by atoms with E-state index in [4.69, 9.17) is 0 Å². The van der Waals surface area contributed by atoms with Gasteiger partial charge in [-0.25, -0.2) is 0 Å². The monoisotopic (exact) mass is 195 g/mol. The standard InChI is InChI=1S/C11H17NO2/c1-2-3-4-5-9-12-10(13)7-6-8-11(12)14/h5,9H,2-4,6-8H2,1H3/b9-5+. The molecule has 0 unspecified atom stereocenters. The number of piperidine rings is 1. The molecule has 1 fully saturated rings. The highest BCUT2D eigenvalue weighted by molar-refractivity contribution is 5.98. The number of carbonyl (C=O) groups excluding carboxylic acids is 2. The average molecular weight is 195 g/mol. The molecule has 0 aromatic heterocycles. The van der Waals surface area contributed by atoms with Crippen LogP contribution in [-0.2, 0) is 9.59 Å². The molecule has 3 nitrogen and oxygen atoms in total. The molecule has 1 rings (SSSR count). The summed E-state index contributed by atoms with van der Waals surface area (Å²) in [7, 11) is 0. The summed E-state index contributed by atoms with van der Waals surface area (Å²) in [6.45, 7) is 2.12. The molecule has 3 heteroatoms. The van der Waals surface area contributed by atoms with Crippen LogP contribution in [0, 0.1) is 0 Å². The number of rotatable bonds is 4. The number of nitrogens with zero attached hydrogens (tertiary/aromatic N) is 1. The largest absolute Gasteiger partial charge is 0.274 e. The number of hydrogen-bond donors (Lipinski definition) is 0. The van der Waals surface area contributed by atoms with Gasteiger partial charge in [-0.2, -0.15) is 0 Å². The third kappa shape index (κ3) is 2.98. The normalized spacial score (nSPS) is 18.2. The van der Waals surface area contributed by atoms with Gasteiger partial charge in [-0.05, 0) is 12.8 Å². The smallest absolute Gasteiger partial charge is 0.233 e. The van der Waals surface area contributed by atoms with Crippen LogP contribution < -0.4 is 0 Å². The maximum Gasteiger partial charge on any atom is 0.233 e. The number of carbonyl (C=O) groups is 2. The summed E-state index contributed by atoms with van der Waals surface area (Å²) >= 11 is 0. The van der Waals surface area contributed by atoms with Crippen LogP contribution in [0.2, 0.25) is 0 Å². The molecule has 0 saturated carbocycles. The fourth-order valence-electron chi connectivity index (χ4n) is 1.44. The highest BCUT2D eigenvalue weighted by Gasteiger charge is 2.23. The maximum atomic E-state index is 11.3. The van der Waals surface area contributed by atoms with Gasteiger partial charge in [-0.15, -0.1) is 0 Å². The Hall–Kier alpha value is -1.12. The summed E-state index contributed by atoms with van der Waals surface area (Å²) in [6, 6.07) is 0. The highest BCUT2D eigenvalue weighted by atomic mass is 16.2. The van der Waals surface area contributed by atoms with Gasteiger partial charge < -0.3 is 0 Å². The quantitative estimate of drug-likeness (QED) is 0.509. The van der Waals surface area contributed by atoms with Crippen molar-refractivity contribution in [3.63, 3.8) is 0 Å². The maximum absolute atomic E-state index is 11.3. The van der Waals surface area contributed by atoms with E-state index in [2.05, 4.69) is 6.92 Å². The van der Waals surface area contributed by atoms with Crippen molar-refractivity contribution in [1.29, 1.82) is 0 Å². The summed E-state index contributed by atoms with van der Waals surface area (Å²) in [5, 5.41) is 0. The van der Waals surface area contributed by atoms with Crippen molar-refractivity contribution in [1.82, 2.24) is 4.90 Å². The molecule has 0 aromatic rings. The molecular weight excluding hydrogens is 178 g/mol. The number of hydrogen-bond acceptors (Lipinski definition) is 2. The highest BCUT2D eigenvalue weighted by Crippen LogP contribution is 2.12. The molecule has 1 saturated heterocycles. The number of imide groups is 1. The zero-order valence-corrected chi connectivity index (χ0v) is 8.66. The van der Waals surface area contributed by atoms with Gasteiger partial charge in [0, 0.05) is 19.0 Å². The number of unbranched alkanes of at least 4 members (excludes halogenated alkanes) is 2. The molecule has 2 amide bonds. The summed E-state index contributed by atoms with van der Waals surface area (Å²) < 4.78 is 0. The van der Waals surface area contributed by atoms with E-state index in [1.807, 2.05) is 6.08 Å². The van der Waals surface area contributed by atoms with Gasteiger partial charge in [0.25, 0.3) is 0 Å². The second-order valence-electron chi connectivity index (χ2n) is 3.54. The molecular formula is C11H17NO2. The van der Waals surface area contributed by atoms with Crippen molar-refractivity contribution < 1.29 is 9.59 Å². The molecule has 0 spiro atoms. The minimum absolute atomic E-state index is 0.0611. The predicted octanol–water partition coefficient (Wildman–Crippen LogP) is 2.23. The topological polar surface area (TPSA) is 37.4 Å². The van der Waals surface area contributed by atoms with E-state index in [-0.39, 0.29) is 11.8 Å². The van der Waals surface area contributed by atoms with E-state index in [1.54, 1.807) is 6.20 Å². The van der Waals surface area contributed by atoms with Gasteiger partial charge >= 0.3 is 0 Å². The van der Waals surface area contributed by atoms with Crippen LogP contribution in [-0.4, -0.2) is 16.7 Å². The third-order valence-corrected chi connectivity index (χ3v) is 2.30. The van der Waals surface area contributed by atoms with Gasteiger partial charge in [0.05, 0.1) is 0 Å². The minimum atomic E-state index is -0.0611. The van der Waals surface area contributed by atoms with Crippen LogP contribution in [0.1, 0.15) is 45.4 Å². The van der Waals surface area contributed by atoms with E-state index in [0.29, 0.717) is 19.3 Å². The van der Waals surface area contributed by atoms with Gasteiger partial charge in [0.1, 0.15) is 0 Å². The zero-order valence-electron chi connectivity index (χ0n) is 8.66. The van der Waals surface area contributed by atoms with Gasteiger partial charge in [-0.1, -0.05) is 25.8 Å². The third-order valence-electron chi connectivity index (χ3n) is 2.30. The lowest BCUT2D eigenvalue weighted by Crippen LogP contribution is -2.35. The SMILES string of the molecule is CCCC/C=C/N1C(=O)CCCC1=O. The van der Waals surface area contributed by atoms with Crippen molar-refractivity contribution in [2.75, 3.05) is 0 Å². The Morgan fingerprint density at radius 3 is 2.50 bits per heavy atom. The van der Waals surface area contributed by atoms with Crippen LogP contribution >= 0.6 is 0 Å². The molecule has 78 valence electrons. The van der Waals surface area contributed by atoms with Crippen LogP contribution in [0.4, 0.5) is 0 Å². The Kier molecular flexibility index (Phi) is 4.36. The Balaban J connectivity index is 2.43. The van der Waals surface area contributed by atoms with Crippen molar-refractivity contribution in [2.24, 2.45) is 0 Å². The first kappa shape index (κ1) is 11.0. The molecule has 1 aliphatic heterocycles. The van der Waals surface area contributed by atoms with Crippen LogP contribution in [0.15, 0.2) is 12.3 Å². The lowest BCUT2D eigenvalue weighted by atomic mass is 10.1. The fourth-order valence-corrected chi connectivity index (χ4v) is 1.44. The molecule has 0 aliphatic carbocycles. The average Bonchev–Trinajstić information content (AvgIpc) is 2.16. The summed E-state index contributed by atoms with van der Waals surface area (Å²) in [4.78, 5) is 23.9. The molecule has 0 radical (unpaired) electrons. The molecule has 0 bridgehead atoms. The number of amides is 2. The first-order chi connectivity index (χ1) is 6.75. The van der Waals surface area contributed by atoms with Crippen LogP contribution in [0.3, 0.4) is 0 Å². The Bertz CT molecular complexity index is 230. The van der Waals surface area contributed by atoms with Gasteiger partial charge in [0.2, 0.25) is 11.8 Å². The molecule has 0 aromatic carbocycles. The van der Waals surface area contributed by atoms with Crippen molar-refractivity contribution in [3.05, 3.63) is 12.3 Å². The van der Waals surface area contributed by atoms with Crippen molar-refractivity contribution in [2.45, 2.75) is 45.4 Å². The first-order valence-electron chi connectivity index (χ1n) is 5.27. The van der Waals surface area contributed by atoms with Crippen LogP contribution in [0.5, 0.6) is 0 Å². The predicted molar refractivity (Wildman–Crippen MR) is 54.4 cm³/mol. The lowest BCUT2D eigenvalue weighted by molar-refractivity contribution is -0.144. The minimum Gasteiger partial charge on any atom is -0.274 e. The Morgan fingerprint density at radius 1 is 1.29 bits per heavy atom. The fraction of sp³-hybridized carbons (Fsp3) is 0.636. The second kappa shape index (κ2) is 5.58. The summed E-state index contributed by atoms with van der Waals surface area (Å²) in [5.41, 5.74) is 0. The van der Waals surface area contributed by atoms with Gasteiger partial charge in [-0.3, -0.25) is 14.5 Å². The van der Waals surface area contributed by atoms with Crippen molar-refractivity contribution in [3.8, 4) is 0 Å². The summed E-state index contributed by atoms with van der Waals surface area (Å²) in [5.74, 6) is -0.122. The molecule has 1 aliphatic rings. The molecule has 1 heterocycles. The molecule has 0 N–H and O–H groups in total. The van der Waals surface area contributed by atoms with E-state index in [0.717, 1.165) is 19.3 Å². The number of likely N-dealkylation sites (tertiary alicyclic amines) is 1. The Morgan fingerprint density at radius 2 is 1.93 bits per heavy atom. The lowest BCUT2D eigenvalue weighted by Gasteiger charge is -2.20.